The Kier molecular flexibility index (Phi) is 6.55. The molecule has 1 aliphatic rings. The van der Waals surface area contributed by atoms with Gasteiger partial charge in [-0.15, -0.1) is 0 Å². The van der Waals surface area contributed by atoms with Crippen LogP contribution >= 0.6 is 0 Å². The molecule has 3 aromatic carbocycles. The molecule has 1 unspecified atom stereocenters. The van der Waals surface area contributed by atoms with Gasteiger partial charge in [0, 0.05) is 13.0 Å². The van der Waals surface area contributed by atoms with Gasteiger partial charge >= 0.3 is 0 Å². The van der Waals surface area contributed by atoms with Crippen molar-refractivity contribution >= 4 is 15.8 Å². The maximum absolute atomic E-state index is 14.0. The van der Waals surface area contributed by atoms with Crippen molar-refractivity contribution < 1.29 is 13.2 Å². The van der Waals surface area contributed by atoms with Crippen molar-refractivity contribution in [2.45, 2.75) is 64.4 Å². The van der Waals surface area contributed by atoms with Crippen molar-refractivity contribution in [1.29, 1.82) is 0 Å². The quantitative estimate of drug-likeness (QED) is 0.505. The lowest BCUT2D eigenvalue weighted by molar-refractivity contribution is -0.123. The largest absolute Gasteiger partial charge is 0.298 e. The first kappa shape index (κ1) is 23.4. The maximum atomic E-state index is 14.0. The second kappa shape index (κ2) is 9.24. The zero-order chi connectivity index (χ0) is 23.8. The van der Waals surface area contributed by atoms with Crippen molar-refractivity contribution in [2.75, 3.05) is 0 Å². The van der Waals surface area contributed by atoms with Gasteiger partial charge in [0.2, 0.25) is 10.0 Å². The number of fused-ring (bicyclic) bond motifs is 1. The first-order valence-electron chi connectivity index (χ1n) is 11.4. The molecule has 0 spiro atoms. The van der Waals surface area contributed by atoms with Crippen LogP contribution in [0.2, 0.25) is 0 Å². The topological polar surface area (TPSA) is 54.5 Å². The van der Waals surface area contributed by atoms with Crippen LogP contribution in [-0.4, -0.2) is 24.5 Å². The van der Waals surface area contributed by atoms with Gasteiger partial charge < -0.3 is 0 Å². The molecule has 5 heteroatoms. The molecule has 172 valence electrons. The number of carbonyl (C=O) groups excluding carboxylic acids is 1. The minimum Gasteiger partial charge on any atom is -0.298 e. The molecule has 3 aromatic rings. The Labute approximate surface area is 197 Å². The number of nitrogens with zero attached hydrogens (tertiary/aromatic N) is 1. The van der Waals surface area contributed by atoms with Gasteiger partial charge in [-0.05, 0) is 73.9 Å². The summed E-state index contributed by atoms with van der Waals surface area (Å²) in [5.74, 6) is -0.0289. The third-order valence-corrected chi connectivity index (χ3v) is 8.81. The molecule has 1 atom stereocenters. The summed E-state index contributed by atoms with van der Waals surface area (Å²) in [5.41, 5.74) is 6.76. The lowest BCUT2D eigenvalue weighted by atomic mass is 9.91. The molecule has 4 rings (SSSR count). The molecule has 0 saturated carbocycles. The summed E-state index contributed by atoms with van der Waals surface area (Å²) in [6, 6.07) is 19.0. The van der Waals surface area contributed by atoms with E-state index >= 15 is 0 Å². The molecule has 1 aliphatic heterocycles. The van der Waals surface area contributed by atoms with E-state index in [4.69, 9.17) is 0 Å². The molecule has 0 N–H and O–H groups in total. The van der Waals surface area contributed by atoms with E-state index in [9.17, 15) is 13.2 Å². The van der Waals surface area contributed by atoms with Crippen molar-refractivity contribution in [2.24, 2.45) is 0 Å². The molecule has 0 amide bonds. The second-order valence-corrected chi connectivity index (χ2v) is 11.0. The van der Waals surface area contributed by atoms with E-state index in [-0.39, 0.29) is 12.3 Å². The third kappa shape index (κ3) is 4.66. The van der Waals surface area contributed by atoms with E-state index in [1.54, 1.807) is 0 Å². The van der Waals surface area contributed by atoms with E-state index in [1.165, 1.54) is 4.31 Å². The van der Waals surface area contributed by atoms with E-state index in [2.05, 4.69) is 0 Å². The first-order valence-corrected chi connectivity index (χ1v) is 12.9. The fourth-order valence-electron chi connectivity index (χ4n) is 5.03. The highest BCUT2D eigenvalue weighted by molar-refractivity contribution is 7.89. The van der Waals surface area contributed by atoms with Gasteiger partial charge in [0.15, 0.2) is 5.78 Å². The number of hydrogen-bond donors (Lipinski definition) is 0. The number of Topliss-reactive ketones (excluding diaryl/α,β-unsaturated/α-hetero) is 1. The summed E-state index contributed by atoms with van der Waals surface area (Å²) in [6.45, 7) is 7.88. The molecule has 4 nitrogen and oxygen atoms in total. The van der Waals surface area contributed by atoms with E-state index < -0.39 is 16.1 Å². The van der Waals surface area contributed by atoms with Crippen LogP contribution in [0, 0.1) is 27.7 Å². The third-order valence-electron chi connectivity index (χ3n) is 6.65. The Morgan fingerprint density at radius 2 is 1.48 bits per heavy atom. The van der Waals surface area contributed by atoms with Gasteiger partial charge in [0.25, 0.3) is 0 Å². The number of carbonyl (C=O) groups is 1. The molecular formula is C28H31NO3S. The van der Waals surface area contributed by atoms with Crippen LogP contribution in [0.5, 0.6) is 0 Å². The number of benzene rings is 3. The summed E-state index contributed by atoms with van der Waals surface area (Å²) < 4.78 is 29.4. The predicted octanol–water partition coefficient (Wildman–Crippen LogP) is 5.24. The van der Waals surface area contributed by atoms with Gasteiger partial charge in [-0.1, -0.05) is 66.2 Å². The van der Waals surface area contributed by atoms with Crippen LogP contribution < -0.4 is 0 Å². The van der Waals surface area contributed by atoms with Crippen molar-refractivity contribution in [1.82, 2.24) is 4.31 Å². The lowest BCUT2D eigenvalue weighted by Gasteiger charge is -2.36. The Hall–Kier alpha value is -2.76. The summed E-state index contributed by atoms with van der Waals surface area (Å²) in [5, 5.41) is 0. The van der Waals surface area contributed by atoms with Gasteiger partial charge in [0.05, 0.1) is 10.9 Å². The molecule has 0 aromatic heterocycles. The smallest absolute Gasteiger partial charge is 0.244 e. The van der Waals surface area contributed by atoms with Crippen LogP contribution in [0.3, 0.4) is 0 Å². The standard InChI is InChI=1S/C28H31NO3S/c1-19-15-21(3)28(22(4)16-19)33(31,32)29-18-25-12-8-7-11-24(25)17-26(29)27(30)14-13-23-10-6-5-9-20(23)2/h5-12,15-16,26H,13-14,17-18H2,1-4H3. The van der Waals surface area contributed by atoms with Crippen molar-refractivity contribution in [3.63, 3.8) is 0 Å². The SMILES string of the molecule is Cc1cc(C)c(S(=O)(=O)N2Cc3ccccc3CC2C(=O)CCc2ccccc2C)c(C)c1. The van der Waals surface area contributed by atoms with Gasteiger partial charge in [-0.2, -0.15) is 4.31 Å². The van der Waals surface area contributed by atoms with Crippen LogP contribution in [-0.2, 0) is 34.2 Å². The minimum absolute atomic E-state index is 0.0289. The predicted molar refractivity (Wildman–Crippen MR) is 132 cm³/mol. The van der Waals surface area contributed by atoms with E-state index in [0.717, 1.165) is 38.9 Å². The van der Waals surface area contributed by atoms with Gasteiger partial charge in [0.1, 0.15) is 0 Å². The fourth-order valence-corrected chi connectivity index (χ4v) is 7.03. The number of aryl methyl sites for hydroxylation is 5. The fraction of sp³-hybridized carbons (Fsp3) is 0.321. The Bertz CT molecular complexity index is 1290. The summed E-state index contributed by atoms with van der Waals surface area (Å²) >= 11 is 0. The number of hydrogen-bond acceptors (Lipinski definition) is 3. The zero-order valence-electron chi connectivity index (χ0n) is 19.8. The first-order chi connectivity index (χ1) is 15.7. The Morgan fingerprint density at radius 1 is 0.879 bits per heavy atom. The average molecular weight is 462 g/mol. The zero-order valence-corrected chi connectivity index (χ0v) is 20.6. The van der Waals surface area contributed by atoms with E-state index in [1.807, 2.05) is 88.4 Å². The number of rotatable bonds is 6. The van der Waals surface area contributed by atoms with Crippen LogP contribution in [0.25, 0.3) is 0 Å². The van der Waals surface area contributed by atoms with Crippen LogP contribution in [0.15, 0.2) is 65.6 Å². The summed E-state index contributed by atoms with van der Waals surface area (Å²) in [4.78, 5) is 13.8. The lowest BCUT2D eigenvalue weighted by Crippen LogP contribution is -2.48. The highest BCUT2D eigenvalue weighted by atomic mass is 32.2. The van der Waals surface area contributed by atoms with Crippen molar-refractivity contribution in [3.05, 3.63) is 99.6 Å². The average Bonchev–Trinajstić information content (AvgIpc) is 2.76. The second-order valence-electron chi connectivity index (χ2n) is 9.16. The summed E-state index contributed by atoms with van der Waals surface area (Å²) in [7, 11) is -3.86. The van der Waals surface area contributed by atoms with Crippen LogP contribution in [0.4, 0.5) is 0 Å². The minimum atomic E-state index is -3.86. The number of ketones is 1. The molecule has 33 heavy (non-hydrogen) atoms. The molecule has 0 fully saturated rings. The number of sulfonamides is 1. The van der Waals surface area contributed by atoms with Gasteiger partial charge in [-0.25, -0.2) is 8.42 Å². The Balaban J connectivity index is 1.71. The normalized spacial score (nSPS) is 16.4. The van der Waals surface area contributed by atoms with Crippen LogP contribution in [0.1, 0.15) is 45.4 Å². The molecule has 1 heterocycles. The monoisotopic (exact) mass is 461 g/mol. The molecule has 0 radical (unpaired) electrons. The maximum Gasteiger partial charge on any atom is 0.244 e. The highest BCUT2D eigenvalue weighted by Crippen LogP contribution is 2.33. The molecule has 0 saturated heterocycles. The molecular weight excluding hydrogens is 430 g/mol. The molecule has 0 aliphatic carbocycles. The molecule has 0 bridgehead atoms. The summed E-state index contributed by atoms with van der Waals surface area (Å²) in [6.07, 6.45) is 1.33. The van der Waals surface area contributed by atoms with Crippen molar-refractivity contribution in [3.8, 4) is 0 Å². The Morgan fingerprint density at radius 3 is 2.15 bits per heavy atom. The highest BCUT2D eigenvalue weighted by Gasteiger charge is 2.40. The van der Waals surface area contributed by atoms with E-state index in [0.29, 0.717) is 24.2 Å². The van der Waals surface area contributed by atoms with Gasteiger partial charge in [-0.3, -0.25) is 4.79 Å².